The van der Waals surface area contributed by atoms with Gasteiger partial charge in [0.2, 0.25) is 5.78 Å². The molecule has 1 aromatic rings. The number of anilines is 1. The van der Waals surface area contributed by atoms with Crippen LogP contribution in [0.25, 0.3) is 5.76 Å². The lowest BCUT2D eigenvalue weighted by Crippen LogP contribution is -2.70. The van der Waals surface area contributed by atoms with Gasteiger partial charge in [0.1, 0.15) is 22.8 Å². The third-order valence-corrected chi connectivity index (χ3v) is 7.50. The molecule has 1 fully saturated rings. The number of aliphatic hydroxyl groups excluding tert-OH is 3. The van der Waals surface area contributed by atoms with Crippen LogP contribution >= 0.6 is 0 Å². The molecule has 1 aromatic carbocycles. The van der Waals surface area contributed by atoms with Crippen molar-refractivity contribution < 1.29 is 39.9 Å². The van der Waals surface area contributed by atoms with Gasteiger partial charge in [0, 0.05) is 11.5 Å². The number of Topliss-reactive ketones (excluding diaryl/α,β-unsaturated/α-hetero) is 2. The number of fused-ring (bicyclic) bond motifs is 3. The highest BCUT2D eigenvalue weighted by Gasteiger charge is 2.68. The van der Waals surface area contributed by atoms with Crippen LogP contribution in [-0.2, 0) is 14.4 Å². The zero-order chi connectivity index (χ0) is 25.6. The molecular weight excluding hydrogens is 446 g/mol. The molecule has 1 amide bonds. The second-order valence-electron chi connectivity index (χ2n) is 9.47. The van der Waals surface area contributed by atoms with E-state index in [1.807, 2.05) is 0 Å². The topological polar surface area (TPSA) is 208 Å². The van der Waals surface area contributed by atoms with Crippen molar-refractivity contribution in [2.45, 2.75) is 37.5 Å². The van der Waals surface area contributed by atoms with E-state index in [0.717, 1.165) is 0 Å². The lowest BCUT2D eigenvalue weighted by Gasteiger charge is -2.53. The number of aryl methyl sites for hydroxylation is 1. The largest absolute Gasteiger partial charge is 0.508 e. The molecule has 0 unspecified atom stereocenters. The third kappa shape index (κ3) is 2.65. The Balaban J connectivity index is 2.08. The van der Waals surface area contributed by atoms with Gasteiger partial charge in [0.25, 0.3) is 5.91 Å². The molecule has 0 bridgehead atoms. The zero-order valence-electron chi connectivity index (χ0n) is 19.0. The van der Waals surface area contributed by atoms with Crippen LogP contribution in [0.3, 0.4) is 0 Å². The van der Waals surface area contributed by atoms with Gasteiger partial charge in [-0.15, -0.1) is 0 Å². The Morgan fingerprint density at radius 3 is 2.29 bits per heavy atom. The first-order valence-corrected chi connectivity index (χ1v) is 10.6. The Morgan fingerprint density at radius 2 is 1.76 bits per heavy atom. The molecule has 0 saturated heterocycles. The number of nitrogens with two attached hydrogens (primary N) is 2. The molecule has 3 aliphatic carbocycles. The van der Waals surface area contributed by atoms with Gasteiger partial charge in [0.05, 0.1) is 29.3 Å². The normalized spacial score (nSPS) is 33.1. The lowest BCUT2D eigenvalue weighted by molar-refractivity contribution is -0.169. The number of aromatic hydroxyl groups is 1. The Morgan fingerprint density at radius 1 is 1.18 bits per heavy atom. The van der Waals surface area contributed by atoms with Crippen LogP contribution in [0.1, 0.15) is 29.5 Å². The Bertz CT molecular complexity index is 1230. The van der Waals surface area contributed by atoms with E-state index in [9.17, 15) is 39.9 Å². The summed E-state index contributed by atoms with van der Waals surface area (Å²) in [6.07, 6.45) is -1.63. The van der Waals surface area contributed by atoms with Gasteiger partial charge in [-0.05, 0) is 38.1 Å². The standard InChI is InChI=1S/C23H27N3O8/c1-6-5-8-7(2)9-11(16(27)10(8)18(29)14(6)24)20(31)23(34)13(17(9)28)15(26(3)4)19(30)12(21(23)32)22(25)33/h5,7,9,13,15,17,27-29,32,34H,24H2,1-4H3,(H2,25,33)/t7-,9+,13+,15-,17-,23-/m0/s1. The molecule has 11 heteroatoms. The predicted octanol–water partition coefficient (Wildman–Crippen LogP) is -0.614. The number of nitrogens with zero attached hydrogens (tertiary/aromatic N) is 1. The molecule has 3 aliphatic rings. The van der Waals surface area contributed by atoms with Gasteiger partial charge in [-0.25, -0.2) is 0 Å². The maximum atomic E-state index is 13.8. The van der Waals surface area contributed by atoms with Crippen molar-refractivity contribution in [1.29, 1.82) is 0 Å². The molecule has 1 saturated carbocycles. The summed E-state index contributed by atoms with van der Waals surface area (Å²) in [5.74, 6) is -9.33. The van der Waals surface area contributed by atoms with Crippen LogP contribution < -0.4 is 11.5 Å². The van der Waals surface area contributed by atoms with E-state index in [1.54, 1.807) is 19.9 Å². The van der Waals surface area contributed by atoms with Gasteiger partial charge in [0.15, 0.2) is 11.4 Å². The summed E-state index contributed by atoms with van der Waals surface area (Å²) >= 11 is 0. The highest BCUT2D eigenvalue weighted by atomic mass is 16.4. The van der Waals surface area contributed by atoms with Crippen molar-refractivity contribution in [3.8, 4) is 5.75 Å². The Hall–Kier alpha value is -3.41. The summed E-state index contributed by atoms with van der Waals surface area (Å²) < 4.78 is 0. The highest BCUT2D eigenvalue weighted by Crippen LogP contribution is 2.56. The average molecular weight is 473 g/mol. The molecule has 9 N–H and O–H groups in total. The number of likely N-dealkylation sites (N-methyl/N-ethyl adjacent to an activating group) is 1. The van der Waals surface area contributed by atoms with E-state index >= 15 is 0 Å². The lowest BCUT2D eigenvalue weighted by atomic mass is 9.54. The number of carbonyl (C=O) groups is 3. The number of carbonyl (C=O) groups excluding carboxylic acids is 3. The van der Waals surface area contributed by atoms with Gasteiger partial charge in [-0.1, -0.05) is 13.0 Å². The van der Waals surface area contributed by atoms with Crippen molar-refractivity contribution in [2.75, 3.05) is 19.8 Å². The summed E-state index contributed by atoms with van der Waals surface area (Å²) in [5, 5.41) is 55.6. The smallest absolute Gasteiger partial charge is 0.255 e. The Labute approximate surface area is 194 Å². The molecule has 34 heavy (non-hydrogen) atoms. The number of phenolic OH excluding ortho intramolecular Hbond substituents is 1. The number of phenols is 1. The van der Waals surface area contributed by atoms with Crippen LogP contribution in [-0.4, -0.2) is 79.7 Å². The van der Waals surface area contributed by atoms with Crippen LogP contribution in [0.5, 0.6) is 5.75 Å². The number of hydrogen-bond donors (Lipinski definition) is 7. The van der Waals surface area contributed by atoms with Crippen LogP contribution in [0.4, 0.5) is 5.69 Å². The first-order valence-electron chi connectivity index (χ1n) is 10.6. The average Bonchev–Trinajstić information content (AvgIpc) is 2.74. The number of hydrogen-bond acceptors (Lipinski definition) is 10. The monoisotopic (exact) mass is 473 g/mol. The first-order chi connectivity index (χ1) is 15.7. The summed E-state index contributed by atoms with van der Waals surface area (Å²) in [4.78, 5) is 40.2. The number of benzene rings is 1. The molecule has 11 nitrogen and oxygen atoms in total. The number of primary amides is 1. The maximum absolute atomic E-state index is 13.8. The first kappa shape index (κ1) is 23.7. The fraction of sp³-hybridized carbons (Fsp3) is 0.435. The summed E-state index contributed by atoms with van der Waals surface area (Å²) in [6.45, 7) is 3.31. The molecule has 4 rings (SSSR count). The van der Waals surface area contributed by atoms with Crippen LogP contribution in [0.2, 0.25) is 0 Å². The quantitative estimate of drug-likeness (QED) is 0.165. The molecule has 6 atom stereocenters. The van der Waals surface area contributed by atoms with E-state index in [1.165, 1.54) is 19.0 Å². The number of rotatable bonds is 2. The van der Waals surface area contributed by atoms with E-state index < -0.39 is 81.4 Å². The van der Waals surface area contributed by atoms with E-state index in [2.05, 4.69) is 0 Å². The van der Waals surface area contributed by atoms with Crippen molar-refractivity contribution in [3.05, 3.63) is 39.7 Å². The van der Waals surface area contributed by atoms with Gasteiger partial charge < -0.3 is 37.0 Å². The molecular formula is C23H27N3O8. The molecule has 182 valence electrons. The van der Waals surface area contributed by atoms with Gasteiger partial charge >= 0.3 is 0 Å². The third-order valence-electron chi connectivity index (χ3n) is 7.50. The van der Waals surface area contributed by atoms with Crippen molar-refractivity contribution in [3.63, 3.8) is 0 Å². The van der Waals surface area contributed by atoms with E-state index in [0.29, 0.717) is 11.1 Å². The maximum Gasteiger partial charge on any atom is 0.255 e. The van der Waals surface area contributed by atoms with Crippen LogP contribution in [0, 0.1) is 18.8 Å². The van der Waals surface area contributed by atoms with E-state index in [4.69, 9.17) is 11.5 Å². The molecule has 0 aliphatic heterocycles. The van der Waals surface area contributed by atoms with E-state index in [-0.39, 0.29) is 11.3 Å². The summed E-state index contributed by atoms with van der Waals surface area (Å²) in [7, 11) is 2.90. The zero-order valence-corrected chi connectivity index (χ0v) is 19.0. The SMILES string of the molecule is Cc1cc2c(c(O)c1N)C(O)=C1C(=O)[C@]3(O)C(O)=C(C(N)=O)C(=O)[C@@H](N(C)C)[C@@H]3[C@@H](O)[C@@H]1[C@H]2C. The second kappa shape index (κ2) is 7.29. The van der Waals surface area contributed by atoms with Crippen molar-refractivity contribution in [1.82, 2.24) is 4.90 Å². The second-order valence-corrected chi connectivity index (χ2v) is 9.47. The van der Waals surface area contributed by atoms with Gasteiger partial charge in [-0.3, -0.25) is 19.3 Å². The number of aliphatic hydroxyl groups is 4. The number of nitrogen functional groups attached to an aromatic ring is 1. The fourth-order valence-corrected chi connectivity index (χ4v) is 5.83. The summed E-state index contributed by atoms with van der Waals surface area (Å²) in [5.41, 5.74) is 7.62. The molecule has 0 heterocycles. The van der Waals surface area contributed by atoms with Crippen molar-refractivity contribution >= 4 is 28.9 Å². The highest BCUT2D eigenvalue weighted by molar-refractivity contribution is 6.24. The molecule has 0 spiro atoms. The Kier molecular flexibility index (Phi) is 5.09. The predicted molar refractivity (Wildman–Crippen MR) is 119 cm³/mol. The van der Waals surface area contributed by atoms with Crippen molar-refractivity contribution in [2.24, 2.45) is 17.6 Å². The fourth-order valence-electron chi connectivity index (χ4n) is 5.83. The molecule has 0 aromatic heterocycles. The minimum absolute atomic E-state index is 0.0216. The van der Waals surface area contributed by atoms with Gasteiger partial charge in [-0.2, -0.15) is 0 Å². The summed E-state index contributed by atoms with van der Waals surface area (Å²) in [6, 6.07) is 0.235. The minimum atomic E-state index is -2.93. The van der Waals surface area contributed by atoms with Crippen LogP contribution in [0.15, 0.2) is 23.0 Å². The minimum Gasteiger partial charge on any atom is -0.508 e. The number of amides is 1. The molecule has 0 radical (unpaired) electrons. The number of ketones is 2.